The Hall–Kier alpha value is -2.14. The van der Waals surface area contributed by atoms with Crippen molar-refractivity contribution in [3.8, 4) is 0 Å². The van der Waals surface area contributed by atoms with Crippen LogP contribution in [0, 0.1) is 5.92 Å². The first-order chi connectivity index (χ1) is 13.7. The molecular formula is C23H30N2O3. The molecule has 3 fully saturated rings. The molecule has 0 spiro atoms. The Morgan fingerprint density at radius 2 is 1.86 bits per heavy atom. The number of rotatable bonds is 4. The van der Waals surface area contributed by atoms with E-state index >= 15 is 0 Å². The Kier molecular flexibility index (Phi) is 6.10. The summed E-state index contributed by atoms with van der Waals surface area (Å²) in [6.45, 7) is 1.17. The maximum absolute atomic E-state index is 12.9. The highest BCUT2D eigenvalue weighted by Crippen LogP contribution is 2.33. The first-order valence-corrected chi connectivity index (χ1v) is 10.7. The molecule has 2 amide bonds. The van der Waals surface area contributed by atoms with E-state index in [9.17, 15) is 9.59 Å². The van der Waals surface area contributed by atoms with E-state index in [4.69, 9.17) is 4.74 Å². The normalized spacial score (nSPS) is 28.3. The molecule has 1 aromatic carbocycles. The van der Waals surface area contributed by atoms with E-state index in [1.54, 1.807) is 6.08 Å². The van der Waals surface area contributed by atoms with Gasteiger partial charge in [-0.1, -0.05) is 43.2 Å². The van der Waals surface area contributed by atoms with Crippen molar-refractivity contribution in [2.45, 2.75) is 63.1 Å². The van der Waals surface area contributed by atoms with Gasteiger partial charge in [0.2, 0.25) is 11.8 Å². The van der Waals surface area contributed by atoms with E-state index in [0.717, 1.165) is 31.2 Å². The van der Waals surface area contributed by atoms with Crippen molar-refractivity contribution in [2.75, 3.05) is 13.2 Å². The summed E-state index contributed by atoms with van der Waals surface area (Å²) in [6, 6.07) is 10.2. The van der Waals surface area contributed by atoms with Crippen LogP contribution in [-0.4, -0.2) is 48.1 Å². The SMILES string of the molecule is O=C(NC1CCCC1)[C@H]1CC[C@H]2OCCN(C(=O)/C=C/c3ccccc3)[C@@H]2C1. The lowest BCUT2D eigenvalue weighted by molar-refractivity contribution is -0.150. The van der Waals surface area contributed by atoms with Crippen LogP contribution in [0.1, 0.15) is 50.5 Å². The summed E-state index contributed by atoms with van der Waals surface area (Å²) in [5.74, 6) is 0.166. The molecule has 4 rings (SSSR count). The van der Waals surface area contributed by atoms with Crippen molar-refractivity contribution in [1.82, 2.24) is 10.2 Å². The molecule has 5 heteroatoms. The highest BCUT2D eigenvalue weighted by Gasteiger charge is 2.41. The van der Waals surface area contributed by atoms with Gasteiger partial charge in [0.05, 0.1) is 18.8 Å². The minimum Gasteiger partial charge on any atom is -0.374 e. The standard InChI is InChI=1S/C23H30N2O3/c26-22(13-10-17-6-2-1-3-7-17)25-14-15-28-21-12-11-18(16-20(21)25)23(27)24-19-8-4-5-9-19/h1-3,6-7,10,13,18-21H,4-5,8-9,11-12,14-16H2,(H,24,27)/b13-10+/t18-,20+,21+/m0/s1. The van der Waals surface area contributed by atoms with Crippen LogP contribution in [0.15, 0.2) is 36.4 Å². The summed E-state index contributed by atoms with van der Waals surface area (Å²) < 4.78 is 5.94. The van der Waals surface area contributed by atoms with Crippen LogP contribution >= 0.6 is 0 Å². The molecule has 5 nitrogen and oxygen atoms in total. The summed E-state index contributed by atoms with van der Waals surface area (Å²) in [6.07, 6.45) is 10.6. The van der Waals surface area contributed by atoms with Gasteiger partial charge in [-0.3, -0.25) is 9.59 Å². The fourth-order valence-corrected chi connectivity index (χ4v) is 4.84. The number of hydrogen-bond acceptors (Lipinski definition) is 3. The second-order valence-corrected chi connectivity index (χ2v) is 8.25. The summed E-state index contributed by atoms with van der Waals surface area (Å²) in [4.78, 5) is 27.5. The number of ether oxygens (including phenoxy) is 1. The number of morpholine rings is 1. The highest BCUT2D eigenvalue weighted by molar-refractivity contribution is 5.92. The molecular weight excluding hydrogens is 352 g/mol. The van der Waals surface area contributed by atoms with E-state index in [1.807, 2.05) is 41.3 Å². The van der Waals surface area contributed by atoms with Gasteiger partial charge in [-0.25, -0.2) is 0 Å². The third-order valence-electron chi connectivity index (χ3n) is 6.39. The lowest BCUT2D eigenvalue weighted by Gasteiger charge is -2.45. The maximum atomic E-state index is 12.9. The number of carbonyl (C=O) groups excluding carboxylic acids is 2. The molecule has 2 saturated carbocycles. The molecule has 28 heavy (non-hydrogen) atoms. The van der Waals surface area contributed by atoms with Gasteiger partial charge >= 0.3 is 0 Å². The monoisotopic (exact) mass is 382 g/mol. The zero-order chi connectivity index (χ0) is 19.3. The van der Waals surface area contributed by atoms with Gasteiger partial charge in [0, 0.05) is 24.6 Å². The first kappa shape index (κ1) is 19.2. The minimum absolute atomic E-state index is 0.00486. The smallest absolute Gasteiger partial charge is 0.246 e. The van der Waals surface area contributed by atoms with Crippen LogP contribution in [0.5, 0.6) is 0 Å². The largest absolute Gasteiger partial charge is 0.374 e. The molecule has 1 saturated heterocycles. The molecule has 0 bridgehead atoms. The van der Waals surface area contributed by atoms with E-state index < -0.39 is 0 Å². The second-order valence-electron chi connectivity index (χ2n) is 8.25. The molecule has 1 aromatic rings. The maximum Gasteiger partial charge on any atom is 0.246 e. The Morgan fingerprint density at radius 1 is 1.07 bits per heavy atom. The lowest BCUT2D eigenvalue weighted by Crippen LogP contribution is -2.57. The Bertz CT molecular complexity index is 712. The van der Waals surface area contributed by atoms with E-state index in [0.29, 0.717) is 25.6 Å². The van der Waals surface area contributed by atoms with Gasteiger partial charge in [0.1, 0.15) is 0 Å². The number of hydrogen-bond donors (Lipinski definition) is 1. The van der Waals surface area contributed by atoms with Gasteiger partial charge < -0.3 is 15.0 Å². The Labute approximate surface area is 167 Å². The number of carbonyl (C=O) groups is 2. The zero-order valence-electron chi connectivity index (χ0n) is 16.4. The van der Waals surface area contributed by atoms with Crippen molar-refractivity contribution in [3.05, 3.63) is 42.0 Å². The predicted molar refractivity (Wildman–Crippen MR) is 108 cm³/mol. The molecule has 1 heterocycles. The number of benzene rings is 1. The van der Waals surface area contributed by atoms with Crippen LogP contribution < -0.4 is 5.32 Å². The van der Waals surface area contributed by atoms with Crippen molar-refractivity contribution in [3.63, 3.8) is 0 Å². The lowest BCUT2D eigenvalue weighted by atomic mass is 9.81. The molecule has 150 valence electrons. The van der Waals surface area contributed by atoms with Crippen LogP contribution in [0.3, 0.4) is 0 Å². The molecule has 1 aliphatic heterocycles. The topological polar surface area (TPSA) is 58.6 Å². The summed E-state index contributed by atoms with van der Waals surface area (Å²) in [7, 11) is 0. The first-order valence-electron chi connectivity index (χ1n) is 10.7. The van der Waals surface area contributed by atoms with Crippen LogP contribution in [0.25, 0.3) is 6.08 Å². The van der Waals surface area contributed by atoms with Crippen molar-refractivity contribution in [2.24, 2.45) is 5.92 Å². The van der Waals surface area contributed by atoms with E-state index in [1.165, 1.54) is 12.8 Å². The predicted octanol–water partition coefficient (Wildman–Crippen LogP) is 3.15. The van der Waals surface area contributed by atoms with Gasteiger partial charge in [-0.15, -0.1) is 0 Å². The molecule has 2 aliphatic carbocycles. The Balaban J connectivity index is 1.40. The average molecular weight is 383 g/mol. The number of nitrogens with one attached hydrogen (secondary N) is 1. The number of nitrogens with zero attached hydrogens (tertiary/aromatic N) is 1. The van der Waals surface area contributed by atoms with Gasteiger partial charge in [-0.05, 0) is 43.7 Å². The van der Waals surface area contributed by atoms with E-state index in [2.05, 4.69) is 5.32 Å². The number of fused-ring (bicyclic) bond motifs is 1. The molecule has 3 aliphatic rings. The highest BCUT2D eigenvalue weighted by atomic mass is 16.5. The number of amides is 2. The minimum atomic E-state index is -0.0167. The quantitative estimate of drug-likeness (QED) is 0.814. The molecule has 3 atom stereocenters. The fraction of sp³-hybridized carbons (Fsp3) is 0.565. The summed E-state index contributed by atoms with van der Waals surface area (Å²) >= 11 is 0. The average Bonchev–Trinajstić information content (AvgIpc) is 3.25. The third-order valence-corrected chi connectivity index (χ3v) is 6.39. The Morgan fingerprint density at radius 3 is 2.64 bits per heavy atom. The van der Waals surface area contributed by atoms with Gasteiger partial charge in [0.15, 0.2) is 0 Å². The van der Waals surface area contributed by atoms with Crippen molar-refractivity contribution in [1.29, 1.82) is 0 Å². The fourth-order valence-electron chi connectivity index (χ4n) is 4.84. The molecule has 0 unspecified atom stereocenters. The molecule has 1 N–H and O–H groups in total. The van der Waals surface area contributed by atoms with Crippen LogP contribution in [0.4, 0.5) is 0 Å². The summed E-state index contributed by atoms with van der Waals surface area (Å²) in [5.41, 5.74) is 1.01. The summed E-state index contributed by atoms with van der Waals surface area (Å²) in [5, 5.41) is 3.24. The van der Waals surface area contributed by atoms with E-state index in [-0.39, 0.29) is 29.9 Å². The second kappa shape index (κ2) is 8.91. The van der Waals surface area contributed by atoms with Gasteiger partial charge in [-0.2, -0.15) is 0 Å². The van der Waals surface area contributed by atoms with Crippen LogP contribution in [-0.2, 0) is 14.3 Å². The van der Waals surface area contributed by atoms with Gasteiger partial charge in [0.25, 0.3) is 0 Å². The van der Waals surface area contributed by atoms with Crippen molar-refractivity contribution >= 4 is 17.9 Å². The third kappa shape index (κ3) is 4.46. The van der Waals surface area contributed by atoms with Crippen LogP contribution in [0.2, 0.25) is 0 Å². The molecule has 0 radical (unpaired) electrons. The zero-order valence-corrected chi connectivity index (χ0v) is 16.4. The van der Waals surface area contributed by atoms with Crippen molar-refractivity contribution < 1.29 is 14.3 Å². The molecule has 0 aromatic heterocycles.